The van der Waals surface area contributed by atoms with Crippen molar-refractivity contribution in [2.24, 2.45) is 0 Å². The number of ether oxygens (including phenoxy) is 1. The van der Waals surface area contributed by atoms with Gasteiger partial charge in [-0.1, -0.05) is 0 Å². The maximum Gasteiger partial charge on any atom is 0.379 e. The lowest BCUT2D eigenvalue weighted by atomic mass is 10.3. The molecule has 0 saturated carbocycles. The van der Waals surface area contributed by atoms with E-state index in [4.69, 9.17) is 4.74 Å². The van der Waals surface area contributed by atoms with Crippen molar-refractivity contribution < 1.29 is 14.3 Å². The summed E-state index contributed by atoms with van der Waals surface area (Å²) in [5, 5.41) is 10.9. The van der Waals surface area contributed by atoms with Crippen LogP contribution in [-0.2, 0) is 9.53 Å². The Bertz CT molecular complexity index is 1010. The molecule has 3 heterocycles. The molecule has 10 nitrogen and oxygen atoms in total. The van der Waals surface area contributed by atoms with Gasteiger partial charge < -0.3 is 10.1 Å². The van der Waals surface area contributed by atoms with Gasteiger partial charge in [0.1, 0.15) is 5.82 Å². The first-order valence-electron chi connectivity index (χ1n) is 8.52. The monoisotopic (exact) mass is 371 g/mol. The van der Waals surface area contributed by atoms with Crippen LogP contribution in [0.25, 0.3) is 5.78 Å². The molecule has 1 atom stereocenters. The van der Waals surface area contributed by atoms with Gasteiger partial charge in [0.05, 0.1) is 6.20 Å². The molecular weight excluding hydrogens is 350 g/mol. The number of aryl methyl sites for hydroxylation is 2. The molecule has 0 spiro atoms. The maximum absolute atomic E-state index is 12.3. The smallest absolute Gasteiger partial charge is 0.379 e. The molecule has 0 unspecified atom stereocenters. The number of carbonyl (C=O) groups is 2. The van der Waals surface area contributed by atoms with Gasteiger partial charge >= 0.3 is 5.97 Å². The molecule has 1 amide bonds. The van der Waals surface area contributed by atoms with E-state index in [1.54, 1.807) is 16.9 Å². The van der Waals surface area contributed by atoms with Gasteiger partial charge in [0, 0.05) is 23.5 Å². The molecule has 1 N–H and O–H groups in total. The number of aromatic nitrogens is 6. The van der Waals surface area contributed by atoms with Gasteiger partial charge in [-0.25, -0.2) is 19.0 Å². The number of rotatable bonds is 5. The van der Waals surface area contributed by atoms with Gasteiger partial charge in [-0.15, -0.1) is 5.10 Å². The molecule has 0 aromatic carbocycles. The lowest BCUT2D eigenvalue weighted by Gasteiger charge is -2.15. The second-order valence-corrected chi connectivity index (χ2v) is 6.48. The number of hydrogen-bond acceptors (Lipinski definition) is 7. The number of hydrogen-bond donors (Lipinski definition) is 1. The van der Waals surface area contributed by atoms with Crippen LogP contribution >= 0.6 is 0 Å². The van der Waals surface area contributed by atoms with E-state index in [2.05, 4.69) is 25.5 Å². The van der Waals surface area contributed by atoms with Crippen LogP contribution in [0.4, 0.5) is 5.82 Å². The van der Waals surface area contributed by atoms with E-state index in [0.717, 1.165) is 11.4 Å². The van der Waals surface area contributed by atoms with Gasteiger partial charge in [-0.05, 0) is 40.7 Å². The summed E-state index contributed by atoms with van der Waals surface area (Å²) in [7, 11) is 0. The molecule has 0 radical (unpaired) electrons. The Morgan fingerprint density at radius 3 is 2.63 bits per heavy atom. The number of carbonyl (C=O) groups excluding carboxylic acids is 2. The van der Waals surface area contributed by atoms with Crippen LogP contribution in [0.3, 0.4) is 0 Å². The van der Waals surface area contributed by atoms with Crippen LogP contribution < -0.4 is 5.32 Å². The Morgan fingerprint density at radius 1 is 1.19 bits per heavy atom. The van der Waals surface area contributed by atoms with Crippen LogP contribution in [0.2, 0.25) is 0 Å². The number of fused-ring (bicyclic) bond motifs is 1. The van der Waals surface area contributed by atoms with Crippen molar-refractivity contribution in [3.8, 4) is 0 Å². The minimum absolute atomic E-state index is 0.0783. The Labute approximate surface area is 155 Å². The third-order valence-corrected chi connectivity index (χ3v) is 3.86. The lowest BCUT2D eigenvalue weighted by molar-refractivity contribution is -0.123. The van der Waals surface area contributed by atoms with Gasteiger partial charge in [0.15, 0.2) is 6.10 Å². The van der Waals surface area contributed by atoms with Gasteiger partial charge in [-0.2, -0.15) is 10.1 Å². The van der Waals surface area contributed by atoms with Crippen molar-refractivity contribution in [3.63, 3.8) is 0 Å². The number of nitrogens with one attached hydrogen (secondary N) is 1. The molecule has 0 aliphatic carbocycles. The Morgan fingerprint density at radius 2 is 1.93 bits per heavy atom. The van der Waals surface area contributed by atoms with Gasteiger partial charge in [-0.3, -0.25) is 4.79 Å². The largest absolute Gasteiger partial charge is 0.447 e. The van der Waals surface area contributed by atoms with E-state index in [-0.39, 0.29) is 11.9 Å². The highest BCUT2D eigenvalue weighted by atomic mass is 16.5. The van der Waals surface area contributed by atoms with Crippen LogP contribution in [0.5, 0.6) is 0 Å². The van der Waals surface area contributed by atoms with Crippen LogP contribution in [0.1, 0.15) is 48.8 Å². The molecule has 3 aromatic rings. The molecule has 0 aliphatic heterocycles. The number of nitrogens with zero attached hydrogens (tertiary/aromatic N) is 6. The van der Waals surface area contributed by atoms with E-state index in [1.165, 1.54) is 11.4 Å². The highest BCUT2D eigenvalue weighted by Gasteiger charge is 2.23. The van der Waals surface area contributed by atoms with Crippen LogP contribution in [0, 0.1) is 13.8 Å². The van der Waals surface area contributed by atoms with Crippen LogP contribution in [0.15, 0.2) is 18.3 Å². The standard InChI is InChI=1S/C17H21N7O3/c1-9(2)23-13(6-7-18-23)20-15(25)12(5)27-16(26)14-21-17-19-10(3)8-11(4)24(17)22-14/h6-9,12H,1-5H3,(H,20,25)/t12-/m0/s1. The zero-order valence-corrected chi connectivity index (χ0v) is 15.8. The minimum Gasteiger partial charge on any atom is -0.447 e. The summed E-state index contributed by atoms with van der Waals surface area (Å²) in [5.74, 6) is -0.586. The molecule has 0 fully saturated rings. The Hall–Kier alpha value is -3.30. The molecule has 10 heteroatoms. The zero-order valence-electron chi connectivity index (χ0n) is 15.8. The minimum atomic E-state index is -1.03. The zero-order chi connectivity index (χ0) is 19.7. The van der Waals surface area contributed by atoms with E-state index < -0.39 is 18.0 Å². The molecule has 3 rings (SSSR count). The molecule has 27 heavy (non-hydrogen) atoms. The summed E-state index contributed by atoms with van der Waals surface area (Å²) in [6.45, 7) is 9.03. The van der Waals surface area contributed by atoms with Gasteiger partial charge in [0.2, 0.25) is 0 Å². The predicted molar refractivity (Wildman–Crippen MR) is 96.4 cm³/mol. The van der Waals surface area contributed by atoms with Crippen molar-refractivity contribution in [3.05, 3.63) is 35.5 Å². The van der Waals surface area contributed by atoms with E-state index >= 15 is 0 Å². The van der Waals surface area contributed by atoms with Crippen molar-refractivity contribution in [2.45, 2.75) is 46.8 Å². The Balaban J connectivity index is 1.71. The number of amides is 1. The fourth-order valence-electron chi connectivity index (χ4n) is 2.57. The second-order valence-electron chi connectivity index (χ2n) is 6.48. The third kappa shape index (κ3) is 3.78. The first-order valence-corrected chi connectivity index (χ1v) is 8.52. The molecule has 3 aromatic heterocycles. The first kappa shape index (κ1) is 18.5. The first-order chi connectivity index (χ1) is 12.8. The second kappa shape index (κ2) is 7.14. The Kier molecular flexibility index (Phi) is 4.89. The highest BCUT2D eigenvalue weighted by Crippen LogP contribution is 2.14. The van der Waals surface area contributed by atoms with E-state index in [1.807, 2.05) is 33.8 Å². The molecule has 142 valence electrons. The predicted octanol–water partition coefficient (Wildman–Crippen LogP) is 1.70. The summed E-state index contributed by atoms with van der Waals surface area (Å²) >= 11 is 0. The molecule has 0 bridgehead atoms. The molecular formula is C17H21N7O3. The SMILES string of the molecule is Cc1cc(C)n2nc(C(=O)O[C@@H](C)C(=O)Nc3ccnn3C(C)C)nc2n1. The highest BCUT2D eigenvalue weighted by molar-refractivity contribution is 5.96. The van der Waals surface area contributed by atoms with Gasteiger partial charge in [0.25, 0.3) is 17.5 Å². The third-order valence-electron chi connectivity index (χ3n) is 3.86. The number of anilines is 1. The maximum atomic E-state index is 12.3. The quantitative estimate of drug-likeness (QED) is 0.679. The summed E-state index contributed by atoms with van der Waals surface area (Å²) in [6, 6.07) is 3.58. The van der Waals surface area contributed by atoms with Crippen molar-refractivity contribution in [1.82, 2.24) is 29.4 Å². The summed E-state index contributed by atoms with van der Waals surface area (Å²) < 4.78 is 8.31. The van der Waals surface area contributed by atoms with Crippen LogP contribution in [-0.4, -0.2) is 47.3 Å². The summed E-state index contributed by atoms with van der Waals surface area (Å²) in [6.07, 6.45) is 0.555. The summed E-state index contributed by atoms with van der Waals surface area (Å²) in [5.41, 5.74) is 1.55. The fraction of sp³-hybridized carbons (Fsp3) is 0.412. The number of esters is 1. The van der Waals surface area contributed by atoms with Crippen molar-refractivity contribution in [1.29, 1.82) is 0 Å². The average Bonchev–Trinajstić information content (AvgIpc) is 3.21. The lowest BCUT2D eigenvalue weighted by Crippen LogP contribution is -2.31. The molecule has 0 saturated heterocycles. The van der Waals surface area contributed by atoms with E-state index in [0.29, 0.717) is 11.6 Å². The van der Waals surface area contributed by atoms with Crippen molar-refractivity contribution in [2.75, 3.05) is 5.32 Å². The fourth-order valence-corrected chi connectivity index (χ4v) is 2.57. The van der Waals surface area contributed by atoms with Crippen molar-refractivity contribution >= 4 is 23.5 Å². The topological polar surface area (TPSA) is 116 Å². The summed E-state index contributed by atoms with van der Waals surface area (Å²) in [4.78, 5) is 33.0. The average molecular weight is 371 g/mol. The normalized spacial score (nSPS) is 12.4. The van der Waals surface area contributed by atoms with E-state index in [9.17, 15) is 9.59 Å². The molecule has 0 aliphatic rings.